The van der Waals surface area contributed by atoms with Crippen LogP contribution in [0.25, 0.3) is 0 Å². The average Bonchev–Trinajstić information content (AvgIpc) is 0.913. The molecule has 3 unspecified atom stereocenters. The summed E-state index contributed by atoms with van der Waals surface area (Å²) in [5.41, 5.74) is 0. The first-order valence-electron chi connectivity index (χ1n) is 43.2. The van der Waals surface area contributed by atoms with Crippen LogP contribution in [0.4, 0.5) is 0 Å². The first-order chi connectivity index (χ1) is 49.6. The molecule has 103 heavy (non-hydrogen) atoms. The van der Waals surface area contributed by atoms with Crippen LogP contribution in [0.5, 0.6) is 0 Å². The second kappa shape index (κ2) is 72.9. The van der Waals surface area contributed by atoms with Crippen molar-refractivity contribution >= 4 is 39.5 Å². The Morgan fingerprint density at radius 2 is 0.408 bits per heavy atom. The zero-order chi connectivity index (χ0) is 76.0. The van der Waals surface area contributed by atoms with Gasteiger partial charge in [0.15, 0.2) is 12.2 Å². The van der Waals surface area contributed by atoms with Crippen LogP contribution in [0.2, 0.25) is 0 Å². The summed E-state index contributed by atoms with van der Waals surface area (Å²) in [6.07, 6.45) is 61.4. The predicted molar refractivity (Wildman–Crippen MR) is 423 cm³/mol. The Hall–Kier alpha value is -1.94. The molecule has 5 atom stereocenters. The summed E-state index contributed by atoms with van der Waals surface area (Å²) in [7, 11) is -9.92. The SMILES string of the molecule is CC(C)CCCCCCCCCCCCCCCCCCCCC(=O)O[C@H](COC(=O)CCCCCCCCCCCC(C)C)COP(=O)(O)OCC(O)COP(=O)(O)OC[C@@H](COC(=O)CCCCCCCCC(C)C)OC(=O)CCCCCCCCCCCCCCCCCCCCC(C)C. The standard InChI is InChI=1S/C84H164O17P2/c1-74(2)60-52-44-36-30-25-21-17-13-9-11-15-19-23-27-33-40-50-58-66-83(88)100-79(70-94-81(86)64-56-48-39-35-29-32-38-46-54-62-76(5)6)72-98-102(90,91)96-68-78(85)69-97-103(92,93)99-73-80(71-95-82(87)65-57-49-43-42-47-55-63-77(7)8)101-84(89)67-59-51-41-34-28-24-20-16-12-10-14-18-22-26-31-37-45-53-61-75(3)4/h74-80,85H,9-73H2,1-8H3,(H,90,91)(H,92,93)/t78?,79-,80-/m1/s1. The Balaban J connectivity index is 5.15. The fourth-order valence-electron chi connectivity index (χ4n) is 13.0. The van der Waals surface area contributed by atoms with Gasteiger partial charge in [0.2, 0.25) is 0 Å². The van der Waals surface area contributed by atoms with E-state index in [1.165, 1.54) is 231 Å². The minimum atomic E-state index is -4.96. The third-order valence-corrected chi connectivity index (χ3v) is 21.5. The molecule has 0 aromatic carbocycles. The summed E-state index contributed by atoms with van der Waals surface area (Å²) in [6, 6.07) is 0. The largest absolute Gasteiger partial charge is 0.472 e. The monoisotopic (exact) mass is 1510 g/mol. The molecule has 0 saturated heterocycles. The van der Waals surface area contributed by atoms with Crippen molar-refractivity contribution in [2.24, 2.45) is 23.7 Å². The summed E-state index contributed by atoms with van der Waals surface area (Å²) < 4.78 is 68.7. The minimum Gasteiger partial charge on any atom is -0.462 e. The topological polar surface area (TPSA) is 237 Å². The Bertz CT molecular complexity index is 2010. The Morgan fingerprint density at radius 1 is 0.243 bits per heavy atom. The lowest BCUT2D eigenvalue weighted by atomic mass is 10.0. The first kappa shape index (κ1) is 101. The molecule has 0 saturated carbocycles. The molecule has 0 amide bonds. The van der Waals surface area contributed by atoms with Crippen molar-refractivity contribution in [3.05, 3.63) is 0 Å². The lowest BCUT2D eigenvalue weighted by Crippen LogP contribution is -2.30. The van der Waals surface area contributed by atoms with Crippen LogP contribution in [-0.4, -0.2) is 96.7 Å². The molecule has 0 radical (unpaired) electrons. The fourth-order valence-corrected chi connectivity index (χ4v) is 14.5. The van der Waals surface area contributed by atoms with E-state index in [-0.39, 0.29) is 25.7 Å². The van der Waals surface area contributed by atoms with Gasteiger partial charge >= 0.3 is 39.5 Å². The van der Waals surface area contributed by atoms with Gasteiger partial charge in [0, 0.05) is 25.7 Å². The van der Waals surface area contributed by atoms with Gasteiger partial charge in [-0.3, -0.25) is 37.3 Å². The van der Waals surface area contributed by atoms with E-state index in [1.54, 1.807) is 0 Å². The van der Waals surface area contributed by atoms with Gasteiger partial charge < -0.3 is 33.8 Å². The van der Waals surface area contributed by atoms with E-state index in [1.807, 2.05) is 0 Å². The zero-order valence-electron chi connectivity index (χ0n) is 68.0. The van der Waals surface area contributed by atoms with E-state index in [2.05, 4.69) is 55.4 Å². The lowest BCUT2D eigenvalue weighted by Gasteiger charge is -2.21. The van der Waals surface area contributed by atoms with E-state index in [0.29, 0.717) is 31.6 Å². The zero-order valence-corrected chi connectivity index (χ0v) is 69.7. The average molecular weight is 1510 g/mol. The van der Waals surface area contributed by atoms with Crippen molar-refractivity contribution in [3.63, 3.8) is 0 Å². The van der Waals surface area contributed by atoms with E-state index in [9.17, 15) is 43.2 Å². The quantitative estimate of drug-likeness (QED) is 0.0222. The maximum absolute atomic E-state index is 13.1. The maximum Gasteiger partial charge on any atom is 0.472 e. The molecule has 0 heterocycles. The van der Waals surface area contributed by atoms with Crippen molar-refractivity contribution in [1.82, 2.24) is 0 Å². The van der Waals surface area contributed by atoms with E-state index >= 15 is 0 Å². The number of aliphatic hydroxyl groups excluding tert-OH is 1. The van der Waals surface area contributed by atoms with Gasteiger partial charge in [-0.05, 0) is 49.4 Å². The van der Waals surface area contributed by atoms with E-state index < -0.39 is 97.5 Å². The Kier molecular flexibility index (Phi) is 71.5. The molecule has 0 spiro atoms. The summed E-state index contributed by atoms with van der Waals surface area (Å²) in [4.78, 5) is 73.0. The summed E-state index contributed by atoms with van der Waals surface area (Å²) >= 11 is 0. The number of carbonyl (C=O) groups is 4. The number of ether oxygens (including phenoxy) is 4. The highest BCUT2D eigenvalue weighted by atomic mass is 31.2. The van der Waals surface area contributed by atoms with Crippen LogP contribution in [0.1, 0.15) is 434 Å². The van der Waals surface area contributed by atoms with Crippen molar-refractivity contribution in [1.29, 1.82) is 0 Å². The molecule has 0 rings (SSSR count). The molecule has 17 nitrogen and oxygen atoms in total. The number of esters is 4. The third kappa shape index (κ3) is 78.0. The molecule has 0 aromatic rings. The summed E-state index contributed by atoms with van der Waals surface area (Å²) in [5.74, 6) is 0.950. The number of rotatable bonds is 81. The second-order valence-corrected chi connectivity index (χ2v) is 35.0. The van der Waals surface area contributed by atoms with Crippen LogP contribution in [0, 0.1) is 23.7 Å². The van der Waals surface area contributed by atoms with Crippen molar-refractivity contribution < 1.29 is 80.2 Å². The van der Waals surface area contributed by atoms with Crippen molar-refractivity contribution in [2.45, 2.75) is 453 Å². The predicted octanol–water partition coefficient (Wildman–Crippen LogP) is 25.2. The molecule has 0 fully saturated rings. The van der Waals surface area contributed by atoms with Crippen LogP contribution in [-0.2, 0) is 65.4 Å². The van der Waals surface area contributed by atoms with Crippen LogP contribution < -0.4 is 0 Å². The molecule has 0 aliphatic rings. The molecule has 612 valence electrons. The molecule has 3 N–H and O–H groups in total. The molecule has 0 bridgehead atoms. The highest BCUT2D eigenvalue weighted by Gasteiger charge is 2.30. The molecule has 0 aromatic heterocycles. The van der Waals surface area contributed by atoms with Crippen LogP contribution >= 0.6 is 15.6 Å². The van der Waals surface area contributed by atoms with Gasteiger partial charge in [-0.15, -0.1) is 0 Å². The Labute approximate surface area is 632 Å². The van der Waals surface area contributed by atoms with Crippen molar-refractivity contribution in [2.75, 3.05) is 39.6 Å². The maximum atomic E-state index is 13.1. The van der Waals surface area contributed by atoms with Crippen LogP contribution in [0.15, 0.2) is 0 Å². The number of carbonyl (C=O) groups excluding carboxylic acids is 4. The Morgan fingerprint density at radius 3 is 0.602 bits per heavy atom. The number of hydrogen-bond acceptors (Lipinski definition) is 15. The van der Waals surface area contributed by atoms with Gasteiger partial charge in [0.25, 0.3) is 0 Å². The molecule has 0 aliphatic carbocycles. The van der Waals surface area contributed by atoms with Gasteiger partial charge in [-0.25, -0.2) is 9.13 Å². The highest BCUT2D eigenvalue weighted by Crippen LogP contribution is 2.45. The second-order valence-electron chi connectivity index (χ2n) is 32.1. The molecule has 19 heteroatoms. The number of hydrogen-bond donors (Lipinski definition) is 3. The van der Waals surface area contributed by atoms with E-state index in [0.717, 1.165) is 114 Å². The van der Waals surface area contributed by atoms with Gasteiger partial charge in [-0.1, -0.05) is 383 Å². The van der Waals surface area contributed by atoms with Gasteiger partial charge in [0.1, 0.15) is 19.3 Å². The van der Waals surface area contributed by atoms with Gasteiger partial charge in [0.05, 0.1) is 26.4 Å². The van der Waals surface area contributed by atoms with Crippen molar-refractivity contribution in [3.8, 4) is 0 Å². The smallest absolute Gasteiger partial charge is 0.462 e. The number of phosphoric acid groups is 2. The van der Waals surface area contributed by atoms with E-state index in [4.69, 9.17) is 37.0 Å². The first-order valence-corrected chi connectivity index (χ1v) is 46.2. The molecular formula is C84H164O17P2. The number of phosphoric ester groups is 2. The normalized spacial score (nSPS) is 14.0. The lowest BCUT2D eigenvalue weighted by molar-refractivity contribution is -0.161. The number of aliphatic hydroxyl groups is 1. The summed E-state index contributed by atoms with van der Waals surface area (Å²) in [5, 5.41) is 10.6. The fraction of sp³-hybridized carbons (Fsp3) is 0.952. The number of unbranched alkanes of at least 4 members (excludes halogenated alkanes) is 47. The van der Waals surface area contributed by atoms with Gasteiger partial charge in [-0.2, -0.15) is 0 Å². The highest BCUT2D eigenvalue weighted by molar-refractivity contribution is 7.47. The third-order valence-electron chi connectivity index (χ3n) is 19.6. The molecule has 0 aliphatic heterocycles. The molecular weight excluding hydrogens is 1340 g/mol. The van der Waals surface area contributed by atoms with Crippen LogP contribution in [0.3, 0.4) is 0 Å². The minimum absolute atomic E-state index is 0.107. The summed E-state index contributed by atoms with van der Waals surface area (Å²) in [6.45, 7) is 14.2.